The van der Waals surface area contributed by atoms with Gasteiger partial charge in [0.05, 0.1) is 36.5 Å². The SMILES string of the molecule is BrCI.CC(C)(Br)CCC(=O)NCCI.CC(C)NC(=O)C(C)CC(C)(CI)C(=O)OCCOP(=O)(O)OC[N+](C)(C)C. The van der Waals surface area contributed by atoms with Crippen molar-refractivity contribution in [1.82, 2.24) is 10.6 Å². The van der Waals surface area contributed by atoms with Crippen LogP contribution in [-0.4, -0.2) is 97.4 Å². The summed E-state index contributed by atoms with van der Waals surface area (Å²) in [4.78, 5) is 45.3. The van der Waals surface area contributed by atoms with Crippen LogP contribution in [0, 0.1) is 11.3 Å². The molecule has 0 aliphatic rings. The molecule has 0 saturated heterocycles. The Morgan fingerprint density at radius 1 is 1.02 bits per heavy atom. The molecule has 11 nitrogen and oxygen atoms in total. The number of nitrogens with zero attached hydrogens (tertiary/aromatic N) is 1. The van der Waals surface area contributed by atoms with Crippen molar-refractivity contribution in [1.29, 1.82) is 0 Å². The average Bonchev–Trinajstić information content (AvgIpc) is 2.87. The summed E-state index contributed by atoms with van der Waals surface area (Å²) in [5, 5.41) is 5.67. The van der Waals surface area contributed by atoms with Crippen molar-refractivity contribution >= 4 is 125 Å². The first kappa shape index (κ1) is 49.0. The van der Waals surface area contributed by atoms with Gasteiger partial charge in [-0.05, 0) is 33.6 Å². The molecular weight excluding hydrogens is 1050 g/mol. The molecule has 2 amide bonds. The second-order valence-electron chi connectivity index (χ2n) is 11.8. The summed E-state index contributed by atoms with van der Waals surface area (Å²) in [6.45, 7) is 11.7. The third-order valence-corrected chi connectivity index (χ3v) is 8.54. The number of ether oxygens (including phenoxy) is 1. The second kappa shape index (κ2) is 25.6. The normalized spacial score (nSPS) is 15.0. The number of nitrogens with one attached hydrogen (secondary N) is 2. The molecule has 0 saturated carbocycles. The molecule has 0 aliphatic heterocycles. The van der Waals surface area contributed by atoms with E-state index in [2.05, 4.69) is 124 Å². The summed E-state index contributed by atoms with van der Waals surface area (Å²) < 4.78 is 29.6. The summed E-state index contributed by atoms with van der Waals surface area (Å²) in [5.74, 6) is -0.792. The van der Waals surface area contributed by atoms with Crippen molar-refractivity contribution in [3.8, 4) is 0 Å². The molecule has 0 aliphatic carbocycles. The standard InChI is InChI=1S/C17H34IN2O7P.C8H15BrINO.CH2BrI/c1-13(2)19-15(21)14(3)10-17(4,11-18)16(22)25-8-9-26-28(23,24)27-12-20(5,6)7;1-8(2,9)4-3-7(12)11-6-5-10;2-1-3/h13-14H,8-12H2,1-7H3,(H-,19,21,23,24);3-6H2,1-2H3,(H,11,12);1H2/p+1. The van der Waals surface area contributed by atoms with Gasteiger partial charge >= 0.3 is 13.8 Å². The Labute approximate surface area is 317 Å². The highest BCUT2D eigenvalue weighted by Crippen LogP contribution is 2.43. The van der Waals surface area contributed by atoms with E-state index in [9.17, 15) is 23.8 Å². The quantitative estimate of drug-likeness (QED) is 0.0266. The zero-order valence-electron chi connectivity index (χ0n) is 26.8. The molecule has 0 aromatic rings. The molecule has 0 spiro atoms. The van der Waals surface area contributed by atoms with Gasteiger partial charge in [0.25, 0.3) is 0 Å². The molecule has 3 unspecified atom stereocenters. The van der Waals surface area contributed by atoms with Crippen LogP contribution in [0.3, 0.4) is 0 Å². The number of carbonyl (C=O) groups excluding carboxylic acids is 3. The minimum atomic E-state index is -4.21. The number of esters is 1. The van der Waals surface area contributed by atoms with Gasteiger partial charge in [-0.15, -0.1) is 0 Å². The van der Waals surface area contributed by atoms with Crippen LogP contribution in [0.5, 0.6) is 0 Å². The molecule has 0 radical (unpaired) electrons. The van der Waals surface area contributed by atoms with E-state index in [1.807, 2.05) is 13.8 Å². The van der Waals surface area contributed by atoms with E-state index in [0.29, 0.717) is 21.8 Å². The smallest absolute Gasteiger partial charge is 0.463 e. The predicted molar refractivity (Wildman–Crippen MR) is 207 cm³/mol. The lowest BCUT2D eigenvalue weighted by molar-refractivity contribution is -0.887. The minimum Gasteiger partial charge on any atom is -0.463 e. The highest BCUT2D eigenvalue weighted by atomic mass is 127. The van der Waals surface area contributed by atoms with Gasteiger partial charge in [-0.2, -0.15) is 0 Å². The molecule has 0 fully saturated rings. The third-order valence-electron chi connectivity index (χ3n) is 4.97. The van der Waals surface area contributed by atoms with Crippen molar-refractivity contribution in [3.63, 3.8) is 0 Å². The van der Waals surface area contributed by atoms with Crippen LogP contribution in [0.4, 0.5) is 0 Å². The maximum absolute atomic E-state index is 12.5. The van der Waals surface area contributed by atoms with Crippen molar-refractivity contribution in [2.75, 3.05) is 59.8 Å². The van der Waals surface area contributed by atoms with Gasteiger partial charge in [0.15, 0.2) is 6.73 Å². The van der Waals surface area contributed by atoms with Crippen LogP contribution in [0.15, 0.2) is 0 Å². The Morgan fingerprint density at radius 2 is 1.56 bits per heavy atom. The zero-order valence-corrected chi connectivity index (χ0v) is 37.4. The fraction of sp³-hybridized carbons (Fsp3) is 0.885. The lowest BCUT2D eigenvalue weighted by atomic mass is 9.83. The zero-order chi connectivity index (χ0) is 34.5. The Hall–Kier alpha value is 1.63. The van der Waals surface area contributed by atoms with Crippen molar-refractivity contribution < 1.29 is 42.1 Å². The van der Waals surface area contributed by atoms with E-state index in [0.717, 1.165) is 20.7 Å². The Balaban J connectivity index is -0.000000882. The molecular formula is C26H52Br2I3N3O8P+. The van der Waals surface area contributed by atoms with E-state index in [-0.39, 0.29) is 48.0 Å². The summed E-state index contributed by atoms with van der Waals surface area (Å²) in [7, 11) is 1.19. The number of quaternary nitrogens is 1. The maximum atomic E-state index is 12.5. The van der Waals surface area contributed by atoms with Crippen LogP contribution in [0.2, 0.25) is 0 Å². The molecule has 3 atom stereocenters. The molecule has 258 valence electrons. The van der Waals surface area contributed by atoms with Crippen molar-refractivity contribution in [2.24, 2.45) is 11.3 Å². The largest absolute Gasteiger partial charge is 0.476 e. The van der Waals surface area contributed by atoms with E-state index in [1.54, 1.807) is 35.0 Å². The fourth-order valence-electron chi connectivity index (χ4n) is 2.82. The molecule has 0 heterocycles. The first-order chi connectivity index (χ1) is 19.5. The molecule has 17 heteroatoms. The van der Waals surface area contributed by atoms with E-state index < -0.39 is 19.2 Å². The lowest BCUT2D eigenvalue weighted by Crippen LogP contribution is -2.40. The number of amides is 2. The number of alkyl halides is 5. The van der Waals surface area contributed by atoms with Crippen LogP contribution in [0.1, 0.15) is 60.8 Å². The van der Waals surface area contributed by atoms with E-state index in [1.165, 1.54) is 0 Å². The van der Waals surface area contributed by atoms with Crippen LogP contribution >= 0.6 is 107 Å². The van der Waals surface area contributed by atoms with Crippen LogP contribution in [-0.2, 0) is 32.7 Å². The van der Waals surface area contributed by atoms with Gasteiger partial charge in [-0.3, -0.25) is 18.9 Å². The first-order valence-electron chi connectivity index (χ1n) is 13.6. The Kier molecular flexibility index (Phi) is 29.2. The van der Waals surface area contributed by atoms with E-state index >= 15 is 0 Å². The number of phosphoric ester groups is 1. The number of rotatable bonds is 18. The molecule has 3 N–H and O–H groups in total. The maximum Gasteiger partial charge on any atom is 0.476 e. The van der Waals surface area contributed by atoms with Gasteiger partial charge in [0, 0.05) is 38.1 Å². The van der Waals surface area contributed by atoms with Gasteiger partial charge in [0.2, 0.25) is 11.8 Å². The molecule has 0 aromatic carbocycles. The predicted octanol–water partition coefficient (Wildman–Crippen LogP) is 6.58. The van der Waals surface area contributed by atoms with Crippen molar-refractivity contribution in [3.05, 3.63) is 0 Å². The highest BCUT2D eigenvalue weighted by molar-refractivity contribution is 14.1. The minimum absolute atomic E-state index is 0.00317. The summed E-state index contributed by atoms with van der Waals surface area (Å²) in [6.07, 6.45) is 1.81. The average molecular weight is 1110 g/mol. The molecule has 0 aromatic heterocycles. The molecule has 0 rings (SSSR count). The number of phosphoric acid groups is 1. The fourth-order valence-corrected chi connectivity index (χ4v) is 4.78. The van der Waals surface area contributed by atoms with Crippen LogP contribution < -0.4 is 10.6 Å². The van der Waals surface area contributed by atoms with Crippen LogP contribution in [0.25, 0.3) is 0 Å². The lowest BCUT2D eigenvalue weighted by Gasteiger charge is -2.28. The van der Waals surface area contributed by atoms with Gasteiger partial charge in [0.1, 0.15) is 6.61 Å². The highest BCUT2D eigenvalue weighted by Gasteiger charge is 2.37. The number of hydrogen-bond acceptors (Lipinski definition) is 7. The van der Waals surface area contributed by atoms with Gasteiger partial charge in [-0.25, -0.2) is 9.09 Å². The van der Waals surface area contributed by atoms with Gasteiger partial charge in [-0.1, -0.05) is 120 Å². The molecule has 0 bridgehead atoms. The molecule has 43 heavy (non-hydrogen) atoms. The summed E-state index contributed by atoms with van der Waals surface area (Å²) in [5.41, 5.74) is -0.850. The number of hydrogen-bond donors (Lipinski definition) is 3. The Bertz CT molecular complexity index is 849. The monoisotopic (exact) mass is 1100 g/mol. The number of carbonyl (C=O) groups is 3. The topological polar surface area (TPSA) is 140 Å². The summed E-state index contributed by atoms with van der Waals surface area (Å²) >= 11 is 13.2. The third kappa shape index (κ3) is 32.0. The first-order valence-corrected chi connectivity index (χ1v) is 21.6. The van der Waals surface area contributed by atoms with Crippen molar-refractivity contribution in [2.45, 2.75) is 71.2 Å². The summed E-state index contributed by atoms with van der Waals surface area (Å²) in [6, 6.07) is 0.0263. The van der Waals surface area contributed by atoms with E-state index in [4.69, 9.17) is 13.8 Å². The second-order valence-corrected chi connectivity index (χ2v) is 20.7. The van der Waals surface area contributed by atoms with Gasteiger partial charge < -0.3 is 24.7 Å². The number of halogens is 5. The Morgan fingerprint density at radius 3 is 1.98 bits per heavy atom.